The number of hydrogen-bond acceptors (Lipinski definition) is 8. The van der Waals surface area contributed by atoms with Crippen molar-refractivity contribution in [1.82, 2.24) is 4.98 Å². The van der Waals surface area contributed by atoms with Crippen LogP contribution >= 0.6 is 11.3 Å². The lowest BCUT2D eigenvalue weighted by molar-refractivity contribution is -0.136. The summed E-state index contributed by atoms with van der Waals surface area (Å²) in [6.45, 7) is 0.430. The number of carbonyl (C=O) groups is 2. The second-order valence-electron chi connectivity index (χ2n) is 7.90. The van der Waals surface area contributed by atoms with E-state index in [-0.39, 0.29) is 14.2 Å². The van der Waals surface area contributed by atoms with Crippen LogP contribution in [0.1, 0.15) is 32.1 Å². The summed E-state index contributed by atoms with van der Waals surface area (Å²) in [5.74, 6) is -1.48. The average Bonchev–Trinajstić information content (AvgIpc) is 3.42. The second kappa shape index (κ2) is 10.2. The SMILES string of the molecule is CS(=O)(=O)c1ccc(N(CC2CCCC2)C(=O)Nc2ncc(S(=O)(=O)CCC(=O)O)s2)cc1. The van der Waals surface area contributed by atoms with E-state index in [1.807, 2.05) is 0 Å². The molecule has 10 nitrogen and oxygen atoms in total. The predicted octanol–water partition coefficient (Wildman–Crippen LogP) is 3.02. The van der Waals surface area contributed by atoms with Gasteiger partial charge < -0.3 is 5.11 Å². The van der Waals surface area contributed by atoms with Gasteiger partial charge >= 0.3 is 12.0 Å². The number of urea groups is 1. The molecule has 1 aliphatic rings. The van der Waals surface area contributed by atoms with Crippen LogP contribution in [0.5, 0.6) is 0 Å². The van der Waals surface area contributed by atoms with Gasteiger partial charge in [-0.25, -0.2) is 26.6 Å². The number of sulfone groups is 2. The zero-order valence-corrected chi connectivity index (χ0v) is 20.4. The number of aliphatic carboxylic acids is 1. The molecule has 13 heteroatoms. The minimum atomic E-state index is -3.83. The quantitative estimate of drug-likeness (QED) is 0.517. The Morgan fingerprint density at radius 1 is 1.15 bits per heavy atom. The fourth-order valence-corrected chi connectivity index (χ4v) is 6.59. The van der Waals surface area contributed by atoms with E-state index in [4.69, 9.17) is 5.11 Å². The number of nitrogens with zero attached hydrogens (tertiary/aromatic N) is 2. The Labute approximate surface area is 196 Å². The Morgan fingerprint density at radius 2 is 1.79 bits per heavy atom. The molecule has 3 rings (SSSR count). The van der Waals surface area contributed by atoms with Crippen molar-refractivity contribution in [3.05, 3.63) is 30.5 Å². The lowest BCUT2D eigenvalue weighted by Crippen LogP contribution is -2.38. The number of anilines is 2. The van der Waals surface area contributed by atoms with E-state index in [0.29, 0.717) is 18.2 Å². The molecule has 0 spiro atoms. The molecule has 1 heterocycles. The zero-order valence-electron chi connectivity index (χ0n) is 17.9. The van der Waals surface area contributed by atoms with Crippen molar-refractivity contribution in [1.29, 1.82) is 0 Å². The maximum absolute atomic E-state index is 13.1. The monoisotopic (exact) mass is 515 g/mol. The van der Waals surface area contributed by atoms with E-state index in [9.17, 15) is 26.4 Å². The van der Waals surface area contributed by atoms with E-state index in [1.165, 1.54) is 17.0 Å². The summed E-state index contributed by atoms with van der Waals surface area (Å²) in [4.78, 5) is 29.4. The van der Waals surface area contributed by atoms with Gasteiger partial charge in [-0.3, -0.25) is 15.0 Å². The van der Waals surface area contributed by atoms with Crippen LogP contribution in [0.25, 0.3) is 0 Å². The number of nitrogens with one attached hydrogen (secondary N) is 1. The highest BCUT2D eigenvalue weighted by Crippen LogP contribution is 2.29. The molecule has 0 unspecified atom stereocenters. The van der Waals surface area contributed by atoms with Crippen molar-refractivity contribution in [3.63, 3.8) is 0 Å². The summed E-state index contributed by atoms with van der Waals surface area (Å²) in [5, 5.41) is 11.4. The number of thiazole rings is 1. The van der Waals surface area contributed by atoms with Crippen LogP contribution in [-0.4, -0.2) is 57.5 Å². The van der Waals surface area contributed by atoms with Crippen LogP contribution in [-0.2, 0) is 24.5 Å². The number of hydrogen-bond donors (Lipinski definition) is 2. The van der Waals surface area contributed by atoms with E-state index >= 15 is 0 Å². The van der Waals surface area contributed by atoms with Crippen molar-refractivity contribution in [2.45, 2.75) is 41.2 Å². The number of carboxylic acids is 1. The van der Waals surface area contributed by atoms with Crippen molar-refractivity contribution in [2.75, 3.05) is 28.8 Å². The molecule has 2 amide bonds. The highest BCUT2D eigenvalue weighted by Gasteiger charge is 2.25. The van der Waals surface area contributed by atoms with E-state index < -0.39 is 43.8 Å². The van der Waals surface area contributed by atoms with E-state index in [0.717, 1.165) is 49.5 Å². The van der Waals surface area contributed by atoms with Gasteiger partial charge in [-0.2, -0.15) is 0 Å². The third-order valence-electron chi connectivity index (χ3n) is 5.33. The summed E-state index contributed by atoms with van der Waals surface area (Å²) in [6, 6.07) is 5.49. The second-order valence-corrected chi connectivity index (χ2v) is 13.3. The van der Waals surface area contributed by atoms with Gasteiger partial charge in [0, 0.05) is 18.5 Å². The van der Waals surface area contributed by atoms with Gasteiger partial charge in [0.1, 0.15) is 4.21 Å². The number of benzene rings is 1. The fraction of sp³-hybridized carbons (Fsp3) is 0.450. The molecular formula is C20H25N3O7S3. The maximum atomic E-state index is 13.1. The first-order chi connectivity index (χ1) is 15.5. The number of amides is 2. The average molecular weight is 516 g/mol. The number of carbonyl (C=O) groups excluding carboxylic acids is 1. The standard InChI is InChI=1S/C20H25N3O7S3/c1-32(27,28)16-8-6-15(7-9-16)23(13-14-4-2-3-5-14)20(26)22-19-21-12-18(31-19)33(29,30)11-10-17(24)25/h6-9,12,14H,2-5,10-11,13H2,1H3,(H,24,25)(H,21,22,26). The first kappa shape index (κ1) is 25.1. The van der Waals surface area contributed by atoms with Gasteiger partial charge in [0.25, 0.3) is 0 Å². The van der Waals surface area contributed by atoms with Gasteiger partial charge in [-0.05, 0) is 43.0 Å². The molecule has 1 aromatic heterocycles. The van der Waals surface area contributed by atoms with E-state index in [2.05, 4.69) is 10.3 Å². The molecule has 1 fully saturated rings. The summed E-state index contributed by atoms with van der Waals surface area (Å²) < 4.78 is 47.9. The third kappa shape index (κ3) is 6.74. The molecule has 0 radical (unpaired) electrons. The molecule has 2 aromatic rings. The van der Waals surface area contributed by atoms with Gasteiger partial charge in [0.05, 0.1) is 23.3 Å². The summed E-state index contributed by atoms with van der Waals surface area (Å²) in [6.07, 6.45) is 5.80. The Morgan fingerprint density at radius 3 is 2.36 bits per heavy atom. The molecule has 180 valence electrons. The molecular weight excluding hydrogens is 490 g/mol. The van der Waals surface area contributed by atoms with Crippen LogP contribution in [0, 0.1) is 5.92 Å². The largest absolute Gasteiger partial charge is 0.481 e. The van der Waals surface area contributed by atoms with Crippen LogP contribution in [0.15, 0.2) is 39.6 Å². The highest BCUT2D eigenvalue weighted by molar-refractivity contribution is 7.93. The minimum absolute atomic E-state index is 0.0677. The van der Waals surface area contributed by atoms with Crippen LogP contribution in [0.2, 0.25) is 0 Å². The Kier molecular flexibility index (Phi) is 7.75. The van der Waals surface area contributed by atoms with Crippen LogP contribution in [0.4, 0.5) is 15.6 Å². The molecule has 0 saturated heterocycles. The lowest BCUT2D eigenvalue weighted by atomic mass is 10.1. The number of carboxylic acid groups (broad SMARTS) is 1. The first-order valence-electron chi connectivity index (χ1n) is 10.2. The summed E-state index contributed by atoms with van der Waals surface area (Å²) in [7, 11) is -7.21. The van der Waals surface area contributed by atoms with Crippen molar-refractivity contribution in [3.8, 4) is 0 Å². The lowest BCUT2D eigenvalue weighted by Gasteiger charge is -2.26. The predicted molar refractivity (Wildman–Crippen MR) is 124 cm³/mol. The Balaban J connectivity index is 1.79. The topological polar surface area (TPSA) is 151 Å². The molecule has 0 bridgehead atoms. The first-order valence-corrected chi connectivity index (χ1v) is 14.6. The molecule has 2 N–H and O–H groups in total. The maximum Gasteiger partial charge on any atom is 0.328 e. The smallest absolute Gasteiger partial charge is 0.328 e. The van der Waals surface area contributed by atoms with Crippen molar-refractivity contribution in [2.24, 2.45) is 5.92 Å². The summed E-state index contributed by atoms with van der Waals surface area (Å²) >= 11 is 0.751. The molecule has 33 heavy (non-hydrogen) atoms. The van der Waals surface area contributed by atoms with Crippen molar-refractivity contribution < 1.29 is 31.5 Å². The van der Waals surface area contributed by atoms with Gasteiger partial charge in [0.15, 0.2) is 24.8 Å². The van der Waals surface area contributed by atoms with Crippen LogP contribution < -0.4 is 10.2 Å². The van der Waals surface area contributed by atoms with Crippen LogP contribution in [0.3, 0.4) is 0 Å². The molecule has 1 saturated carbocycles. The Hall–Kier alpha value is -2.51. The number of aromatic nitrogens is 1. The number of rotatable bonds is 9. The molecule has 0 atom stereocenters. The fourth-order valence-electron chi connectivity index (χ4n) is 3.57. The van der Waals surface area contributed by atoms with Gasteiger partial charge in [-0.1, -0.05) is 24.2 Å². The van der Waals surface area contributed by atoms with Gasteiger partial charge in [-0.15, -0.1) is 0 Å². The minimum Gasteiger partial charge on any atom is -0.481 e. The zero-order chi connectivity index (χ0) is 24.2. The molecule has 1 aromatic carbocycles. The molecule has 1 aliphatic carbocycles. The normalized spacial score (nSPS) is 14.8. The third-order valence-corrected chi connectivity index (χ3v) is 9.63. The molecule has 0 aliphatic heterocycles. The highest BCUT2D eigenvalue weighted by atomic mass is 32.2. The summed E-state index contributed by atoms with van der Waals surface area (Å²) in [5.41, 5.74) is 0.512. The van der Waals surface area contributed by atoms with E-state index in [1.54, 1.807) is 12.1 Å². The Bertz CT molecular complexity index is 1220. The van der Waals surface area contributed by atoms with Crippen molar-refractivity contribution >= 4 is 53.8 Å². The van der Waals surface area contributed by atoms with Gasteiger partial charge in [0.2, 0.25) is 0 Å².